The van der Waals surface area contributed by atoms with Crippen molar-refractivity contribution in [3.8, 4) is 0 Å². The summed E-state index contributed by atoms with van der Waals surface area (Å²) in [6.07, 6.45) is 18.0. The number of carboxylic acid groups (broad SMARTS) is 1. The van der Waals surface area contributed by atoms with Crippen LogP contribution in [0.2, 0.25) is 0 Å². The molecule has 11 heteroatoms. The van der Waals surface area contributed by atoms with Gasteiger partial charge in [0.25, 0.3) is 0 Å². The minimum absolute atomic E-state index is 0.0311. The van der Waals surface area contributed by atoms with Gasteiger partial charge in [-0.15, -0.1) is 0 Å². The maximum absolute atomic E-state index is 12.7. The molecule has 1 atom stereocenters. The Balaban J connectivity index is 4.65. The monoisotopic (exact) mass is 699 g/mol. The fraction of sp³-hybridized carbons (Fsp3) is 0.868. The molecule has 286 valence electrons. The van der Waals surface area contributed by atoms with Crippen LogP contribution in [-0.2, 0) is 42.9 Å². The first-order chi connectivity index (χ1) is 23.6. The lowest BCUT2D eigenvalue weighted by molar-refractivity contribution is -0.167. The number of carbonyl (C=O) groups is 5. The Morgan fingerprint density at radius 2 is 0.878 bits per heavy atom. The second-order valence-electron chi connectivity index (χ2n) is 13.4. The van der Waals surface area contributed by atoms with Crippen LogP contribution in [0.25, 0.3) is 0 Å². The molecule has 0 aromatic rings. The summed E-state index contributed by atoms with van der Waals surface area (Å²) in [4.78, 5) is 62.2. The van der Waals surface area contributed by atoms with Crippen LogP contribution in [0.4, 0.5) is 0 Å². The largest absolute Gasteiger partial charge is 0.481 e. The summed E-state index contributed by atoms with van der Waals surface area (Å²) in [5, 5.41) is 8.73. The summed E-state index contributed by atoms with van der Waals surface area (Å²) in [5.41, 5.74) is 0. The number of nitrogens with zero attached hydrogens (tertiary/aromatic N) is 1. The van der Waals surface area contributed by atoms with Gasteiger partial charge in [-0.2, -0.15) is 0 Å². The molecule has 1 N–H and O–H groups in total. The minimum atomic E-state index is -0.955. The zero-order valence-corrected chi connectivity index (χ0v) is 31.3. The van der Waals surface area contributed by atoms with Gasteiger partial charge in [0.15, 0.2) is 6.10 Å². The maximum Gasteiger partial charge on any atom is 0.306 e. The lowest BCUT2D eigenvalue weighted by Crippen LogP contribution is -2.31. The van der Waals surface area contributed by atoms with Gasteiger partial charge in [-0.1, -0.05) is 78.1 Å². The first-order valence-corrected chi connectivity index (χ1v) is 19.1. The van der Waals surface area contributed by atoms with E-state index in [0.29, 0.717) is 38.6 Å². The van der Waals surface area contributed by atoms with Crippen LogP contribution in [0.5, 0.6) is 0 Å². The number of hydrogen-bond acceptors (Lipinski definition) is 10. The molecule has 0 aromatic carbocycles. The highest BCUT2D eigenvalue weighted by atomic mass is 16.6. The predicted molar refractivity (Wildman–Crippen MR) is 190 cm³/mol. The van der Waals surface area contributed by atoms with Gasteiger partial charge in [0, 0.05) is 32.1 Å². The highest BCUT2D eigenvalue weighted by Crippen LogP contribution is 2.18. The van der Waals surface area contributed by atoms with E-state index in [1.807, 2.05) is 19.0 Å². The van der Waals surface area contributed by atoms with E-state index in [1.54, 1.807) is 0 Å². The summed E-state index contributed by atoms with van der Waals surface area (Å²) >= 11 is 0. The Hall–Kier alpha value is -2.69. The van der Waals surface area contributed by atoms with Gasteiger partial charge in [0.1, 0.15) is 19.3 Å². The number of carboxylic acids is 1. The zero-order valence-electron chi connectivity index (χ0n) is 31.3. The molecule has 0 aliphatic heterocycles. The van der Waals surface area contributed by atoms with E-state index in [9.17, 15) is 24.0 Å². The predicted octanol–water partition coefficient (Wildman–Crippen LogP) is 7.94. The summed E-state index contributed by atoms with van der Waals surface area (Å²) in [6.45, 7) is 4.60. The van der Waals surface area contributed by atoms with Crippen LogP contribution >= 0.6 is 0 Å². The molecule has 0 spiro atoms. The molecule has 0 saturated heterocycles. The first kappa shape index (κ1) is 46.3. The van der Waals surface area contributed by atoms with Crippen molar-refractivity contribution in [3.05, 3.63) is 0 Å². The van der Waals surface area contributed by atoms with Crippen molar-refractivity contribution in [1.29, 1.82) is 0 Å². The number of hydrogen-bond donors (Lipinski definition) is 1. The van der Waals surface area contributed by atoms with Gasteiger partial charge in [0.05, 0.1) is 0 Å². The fourth-order valence-corrected chi connectivity index (χ4v) is 5.31. The lowest BCUT2D eigenvalue weighted by Gasteiger charge is -2.19. The summed E-state index contributed by atoms with van der Waals surface area (Å²) in [5.74, 6) is -2.67. The van der Waals surface area contributed by atoms with Gasteiger partial charge in [0.2, 0.25) is 0 Å². The second-order valence-corrected chi connectivity index (χ2v) is 13.4. The Bertz CT molecular complexity index is 863. The van der Waals surface area contributed by atoms with Gasteiger partial charge in [-0.25, -0.2) is 0 Å². The highest BCUT2D eigenvalue weighted by Gasteiger charge is 2.20. The molecular weight excluding hydrogens is 630 g/mol. The van der Waals surface area contributed by atoms with E-state index in [2.05, 4.69) is 13.8 Å². The van der Waals surface area contributed by atoms with Crippen LogP contribution in [0.1, 0.15) is 168 Å². The van der Waals surface area contributed by atoms with Crippen molar-refractivity contribution < 1.29 is 48.0 Å². The van der Waals surface area contributed by atoms with Crippen LogP contribution in [-0.4, -0.2) is 85.9 Å². The molecule has 0 aromatic heterocycles. The van der Waals surface area contributed by atoms with Crippen molar-refractivity contribution in [2.75, 3.05) is 33.9 Å². The Kier molecular flexibility index (Phi) is 30.7. The SMILES string of the molecule is CCCCCCCCC(CCCCCCCC)OC(=O)CCCCC(=O)OCC(COC(=O)CCCCC(=O)O)OC(=O)CCCN(C)C. The van der Waals surface area contributed by atoms with Crippen LogP contribution in [0.15, 0.2) is 0 Å². The number of rotatable bonds is 34. The van der Waals surface area contributed by atoms with Gasteiger partial charge in [-0.3, -0.25) is 24.0 Å². The Labute approximate surface area is 296 Å². The smallest absolute Gasteiger partial charge is 0.306 e. The molecule has 0 heterocycles. The lowest BCUT2D eigenvalue weighted by atomic mass is 10.0. The molecular formula is C38H69NO10. The van der Waals surface area contributed by atoms with Crippen molar-refractivity contribution in [1.82, 2.24) is 4.90 Å². The van der Waals surface area contributed by atoms with Crippen molar-refractivity contribution in [2.24, 2.45) is 0 Å². The number of ether oxygens (including phenoxy) is 4. The highest BCUT2D eigenvalue weighted by molar-refractivity contribution is 5.72. The molecule has 1 unspecified atom stereocenters. The number of aliphatic carboxylic acids is 1. The molecule has 11 nitrogen and oxygen atoms in total. The van der Waals surface area contributed by atoms with E-state index >= 15 is 0 Å². The third-order valence-corrected chi connectivity index (χ3v) is 8.24. The van der Waals surface area contributed by atoms with Crippen LogP contribution < -0.4 is 0 Å². The van der Waals surface area contributed by atoms with Gasteiger partial charge in [-0.05, 0) is 78.4 Å². The normalized spacial score (nSPS) is 11.8. The Morgan fingerprint density at radius 3 is 1.33 bits per heavy atom. The third-order valence-electron chi connectivity index (χ3n) is 8.24. The minimum Gasteiger partial charge on any atom is -0.481 e. The molecule has 49 heavy (non-hydrogen) atoms. The molecule has 0 aliphatic rings. The van der Waals surface area contributed by atoms with Crippen molar-refractivity contribution in [3.63, 3.8) is 0 Å². The standard InChI is InChI=1S/C38H69NO10/c1-5-7-9-11-13-15-22-32(23-16-14-12-10-8-6-2)48-37(44)27-20-19-26-36(43)47-31-33(49-38(45)28-21-29-39(3)4)30-46-35(42)25-18-17-24-34(40)41/h32-33H,5-31H2,1-4H3,(H,40,41). The van der Waals surface area contributed by atoms with E-state index in [1.165, 1.54) is 64.2 Å². The number of esters is 4. The molecule has 0 aliphatic carbocycles. The number of carbonyl (C=O) groups excluding carboxylic acids is 4. The zero-order chi connectivity index (χ0) is 36.5. The molecule has 0 bridgehead atoms. The Morgan fingerprint density at radius 1 is 0.490 bits per heavy atom. The second kappa shape index (κ2) is 32.5. The van der Waals surface area contributed by atoms with Crippen molar-refractivity contribution in [2.45, 2.75) is 180 Å². The van der Waals surface area contributed by atoms with Crippen molar-refractivity contribution >= 4 is 29.8 Å². The molecule has 0 fully saturated rings. The summed E-state index contributed by atoms with van der Waals surface area (Å²) < 4.78 is 21.9. The van der Waals surface area contributed by atoms with Crippen LogP contribution in [0.3, 0.4) is 0 Å². The van der Waals surface area contributed by atoms with Gasteiger partial charge >= 0.3 is 29.8 Å². The molecule has 0 radical (unpaired) electrons. The van der Waals surface area contributed by atoms with E-state index in [0.717, 1.165) is 25.7 Å². The first-order valence-electron chi connectivity index (χ1n) is 19.1. The quantitative estimate of drug-likeness (QED) is 0.0397. The number of unbranched alkanes of at least 4 members (excludes halogenated alkanes) is 12. The topological polar surface area (TPSA) is 146 Å². The van der Waals surface area contributed by atoms with Gasteiger partial charge < -0.3 is 29.0 Å². The summed E-state index contributed by atoms with van der Waals surface area (Å²) in [7, 11) is 3.80. The molecule has 0 amide bonds. The molecule has 0 rings (SSSR count). The van der Waals surface area contributed by atoms with Crippen LogP contribution in [0, 0.1) is 0 Å². The van der Waals surface area contributed by atoms with E-state index in [-0.39, 0.29) is 57.4 Å². The van der Waals surface area contributed by atoms with E-state index < -0.39 is 30.0 Å². The third kappa shape index (κ3) is 32.3. The average Bonchev–Trinajstić information content (AvgIpc) is 3.05. The summed E-state index contributed by atoms with van der Waals surface area (Å²) in [6, 6.07) is 0. The average molecular weight is 700 g/mol. The molecule has 0 saturated carbocycles. The fourth-order valence-electron chi connectivity index (χ4n) is 5.31. The van der Waals surface area contributed by atoms with E-state index in [4.69, 9.17) is 24.1 Å². The maximum atomic E-state index is 12.7.